The summed E-state index contributed by atoms with van der Waals surface area (Å²) >= 11 is 0. The van der Waals surface area contributed by atoms with E-state index >= 15 is 0 Å². The van der Waals surface area contributed by atoms with Crippen molar-refractivity contribution in [1.82, 2.24) is 20.3 Å². The first-order valence-electron chi connectivity index (χ1n) is 7.90. The molecule has 1 aromatic carbocycles. The fourth-order valence-corrected chi connectivity index (χ4v) is 3.96. The molecule has 23 heavy (non-hydrogen) atoms. The van der Waals surface area contributed by atoms with Crippen molar-refractivity contribution in [2.24, 2.45) is 0 Å². The number of carbonyl (C=O) groups excluding carboxylic acids is 1. The minimum Gasteiger partial charge on any atom is -0.352 e. The van der Waals surface area contributed by atoms with Crippen LogP contribution in [0, 0.1) is 0 Å². The molecule has 1 aromatic rings. The summed E-state index contributed by atoms with van der Waals surface area (Å²) in [4.78, 5) is 14.2. The van der Waals surface area contributed by atoms with Crippen LogP contribution in [0.2, 0.25) is 0 Å². The lowest BCUT2D eigenvalue weighted by Gasteiger charge is -2.27. The summed E-state index contributed by atoms with van der Waals surface area (Å²) in [6.45, 7) is 5.39. The standard InChI is InChI=1S/C15H22N4O3S/c20-15-14-11-13(2-1-12(14)3-4-17-15)23(21,22)18-7-10-19-8-5-16-6-9-19/h1-2,11,16,18H,3-10H2,(H,17,20). The van der Waals surface area contributed by atoms with Gasteiger partial charge in [-0.05, 0) is 24.1 Å². The topological polar surface area (TPSA) is 90.5 Å². The Labute approximate surface area is 136 Å². The molecule has 3 N–H and O–H groups in total. The van der Waals surface area contributed by atoms with Crippen molar-refractivity contribution in [2.75, 3.05) is 45.8 Å². The van der Waals surface area contributed by atoms with Crippen LogP contribution in [0.25, 0.3) is 0 Å². The van der Waals surface area contributed by atoms with Crippen LogP contribution in [0.5, 0.6) is 0 Å². The highest BCUT2D eigenvalue weighted by atomic mass is 32.2. The Morgan fingerprint density at radius 1 is 1.17 bits per heavy atom. The van der Waals surface area contributed by atoms with Crippen molar-refractivity contribution in [3.8, 4) is 0 Å². The molecule has 1 saturated heterocycles. The van der Waals surface area contributed by atoms with Crippen molar-refractivity contribution in [2.45, 2.75) is 11.3 Å². The van der Waals surface area contributed by atoms with Gasteiger partial charge < -0.3 is 10.6 Å². The highest BCUT2D eigenvalue weighted by Gasteiger charge is 2.21. The number of nitrogens with zero attached hydrogens (tertiary/aromatic N) is 1. The van der Waals surface area contributed by atoms with Gasteiger partial charge in [-0.15, -0.1) is 0 Å². The zero-order chi connectivity index (χ0) is 16.3. The number of rotatable bonds is 5. The maximum Gasteiger partial charge on any atom is 0.251 e. The van der Waals surface area contributed by atoms with Gasteiger partial charge in [0.1, 0.15) is 0 Å². The van der Waals surface area contributed by atoms with Gasteiger partial charge in [0.15, 0.2) is 0 Å². The molecule has 7 nitrogen and oxygen atoms in total. The number of nitrogens with one attached hydrogen (secondary N) is 3. The number of carbonyl (C=O) groups is 1. The molecule has 0 aliphatic carbocycles. The molecule has 0 unspecified atom stereocenters. The quantitative estimate of drug-likeness (QED) is 0.651. The lowest BCUT2D eigenvalue weighted by Crippen LogP contribution is -2.46. The predicted octanol–water partition coefficient (Wildman–Crippen LogP) is -0.844. The van der Waals surface area contributed by atoms with Crippen LogP contribution in [-0.2, 0) is 16.4 Å². The van der Waals surface area contributed by atoms with Crippen LogP contribution < -0.4 is 15.4 Å². The molecular formula is C15H22N4O3S. The largest absolute Gasteiger partial charge is 0.352 e. The van der Waals surface area contributed by atoms with Crippen molar-refractivity contribution >= 4 is 15.9 Å². The SMILES string of the molecule is O=C1NCCc2ccc(S(=O)(=O)NCCN3CCNCC3)cc21. The third-order valence-corrected chi connectivity index (χ3v) is 5.70. The summed E-state index contributed by atoms with van der Waals surface area (Å²) in [5, 5.41) is 6.00. The van der Waals surface area contributed by atoms with E-state index in [4.69, 9.17) is 0 Å². The van der Waals surface area contributed by atoms with Gasteiger partial charge >= 0.3 is 0 Å². The molecule has 2 aliphatic rings. The van der Waals surface area contributed by atoms with Gasteiger partial charge in [-0.1, -0.05) is 6.07 Å². The maximum atomic E-state index is 12.4. The predicted molar refractivity (Wildman–Crippen MR) is 87.0 cm³/mol. The van der Waals surface area contributed by atoms with E-state index in [1.807, 2.05) is 0 Å². The second-order valence-electron chi connectivity index (χ2n) is 5.81. The van der Waals surface area contributed by atoms with Gasteiger partial charge in [0.2, 0.25) is 10.0 Å². The van der Waals surface area contributed by atoms with Crippen molar-refractivity contribution in [3.63, 3.8) is 0 Å². The second-order valence-corrected chi connectivity index (χ2v) is 7.58. The zero-order valence-corrected chi connectivity index (χ0v) is 13.8. The average molecular weight is 338 g/mol. The van der Waals surface area contributed by atoms with Gasteiger partial charge in [-0.25, -0.2) is 13.1 Å². The lowest BCUT2D eigenvalue weighted by molar-refractivity contribution is 0.0945. The van der Waals surface area contributed by atoms with Crippen molar-refractivity contribution in [3.05, 3.63) is 29.3 Å². The fourth-order valence-electron chi connectivity index (χ4n) is 2.91. The van der Waals surface area contributed by atoms with E-state index in [0.29, 0.717) is 25.2 Å². The first-order valence-corrected chi connectivity index (χ1v) is 9.38. The van der Waals surface area contributed by atoms with E-state index in [1.54, 1.807) is 12.1 Å². The van der Waals surface area contributed by atoms with E-state index < -0.39 is 10.0 Å². The van der Waals surface area contributed by atoms with Crippen molar-refractivity contribution in [1.29, 1.82) is 0 Å². The molecule has 0 atom stereocenters. The first kappa shape index (κ1) is 16.4. The number of sulfonamides is 1. The molecule has 0 saturated carbocycles. The number of benzene rings is 1. The highest BCUT2D eigenvalue weighted by Crippen LogP contribution is 2.19. The van der Waals surface area contributed by atoms with Crippen LogP contribution in [0.15, 0.2) is 23.1 Å². The minimum atomic E-state index is -3.59. The molecule has 1 fully saturated rings. The molecule has 0 spiro atoms. The Hall–Kier alpha value is -1.48. The molecule has 3 rings (SSSR count). The summed E-state index contributed by atoms with van der Waals surface area (Å²) < 4.78 is 27.4. The molecule has 126 valence electrons. The number of fused-ring (bicyclic) bond motifs is 1. The normalized spacial score (nSPS) is 19.2. The molecule has 2 aliphatic heterocycles. The Morgan fingerprint density at radius 2 is 1.96 bits per heavy atom. The number of hydrogen-bond donors (Lipinski definition) is 3. The number of hydrogen-bond acceptors (Lipinski definition) is 5. The Balaban J connectivity index is 1.65. The Morgan fingerprint density at radius 3 is 2.74 bits per heavy atom. The van der Waals surface area contributed by atoms with Gasteiger partial charge in [0, 0.05) is 51.4 Å². The summed E-state index contributed by atoms with van der Waals surface area (Å²) in [7, 11) is -3.59. The van der Waals surface area contributed by atoms with Crippen LogP contribution in [0.1, 0.15) is 15.9 Å². The molecule has 0 radical (unpaired) electrons. The number of piperazine rings is 1. The van der Waals surface area contributed by atoms with E-state index in [1.165, 1.54) is 6.07 Å². The third kappa shape index (κ3) is 3.89. The third-order valence-electron chi connectivity index (χ3n) is 4.25. The molecule has 1 amide bonds. The first-order chi connectivity index (χ1) is 11.1. The average Bonchev–Trinajstić information content (AvgIpc) is 2.56. The summed E-state index contributed by atoms with van der Waals surface area (Å²) in [5.74, 6) is -0.205. The summed E-state index contributed by atoms with van der Waals surface area (Å²) in [5.41, 5.74) is 1.36. The van der Waals surface area contributed by atoms with E-state index in [0.717, 1.165) is 38.2 Å². The number of amides is 1. The van der Waals surface area contributed by atoms with E-state index in [2.05, 4.69) is 20.3 Å². The highest BCUT2D eigenvalue weighted by molar-refractivity contribution is 7.89. The zero-order valence-electron chi connectivity index (χ0n) is 13.0. The molecule has 0 aromatic heterocycles. The van der Waals surface area contributed by atoms with Gasteiger partial charge in [0.05, 0.1) is 4.90 Å². The molecule has 0 bridgehead atoms. The Bertz CT molecular complexity index is 684. The molecule has 2 heterocycles. The molecular weight excluding hydrogens is 316 g/mol. The van der Waals surface area contributed by atoms with Crippen LogP contribution in [-0.4, -0.2) is 65.0 Å². The van der Waals surface area contributed by atoms with Crippen molar-refractivity contribution < 1.29 is 13.2 Å². The minimum absolute atomic E-state index is 0.147. The summed E-state index contributed by atoms with van der Waals surface area (Å²) in [6.07, 6.45) is 0.734. The van der Waals surface area contributed by atoms with Crippen LogP contribution >= 0.6 is 0 Å². The van der Waals surface area contributed by atoms with Crippen LogP contribution in [0.4, 0.5) is 0 Å². The Kier molecular flexibility index (Phi) is 4.96. The second kappa shape index (κ2) is 6.96. The monoisotopic (exact) mass is 338 g/mol. The van der Waals surface area contributed by atoms with E-state index in [9.17, 15) is 13.2 Å². The van der Waals surface area contributed by atoms with Gasteiger partial charge in [-0.2, -0.15) is 0 Å². The van der Waals surface area contributed by atoms with Crippen LogP contribution in [0.3, 0.4) is 0 Å². The summed E-state index contributed by atoms with van der Waals surface area (Å²) in [6, 6.07) is 4.78. The fraction of sp³-hybridized carbons (Fsp3) is 0.533. The van der Waals surface area contributed by atoms with E-state index in [-0.39, 0.29) is 10.8 Å². The maximum absolute atomic E-state index is 12.4. The lowest BCUT2D eigenvalue weighted by atomic mass is 10.0. The molecule has 8 heteroatoms. The van der Waals surface area contributed by atoms with Gasteiger partial charge in [-0.3, -0.25) is 9.69 Å². The smallest absolute Gasteiger partial charge is 0.251 e. The van der Waals surface area contributed by atoms with Gasteiger partial charge in [0.25, 0.3) is 5.91 Å².